The maximum atomic E-state index is 12.1. The molecule has 1 aromatic rings. The van der Waals surface area contributed by atoms with Gasteiger partial charge in [0.25, 0.3) is 11.8 Å². The number of unbranched alkanes of at least 4 members (excludes halogenated alkanes) is 1. The van der Waals surface area contributed by atoms with Gasteiger partial charge in [-0.3, -0.25) is 20.4 Å². The first kappa shape index (κ1) is 18.6. The maximum absolute atomic E-state index is 12.1. The van der Waals surface area contributed by atoms with Crippen molar-refractivity contribution in [3.63, 3.8) is 0 Å². The number of amides is 2. The lowest BCUT2D eigenvalue weighted by Crippen LogP contribution is -2.46. The standard InChI is InChI=1S/C15H24N4O4S/c1-3-4-7-23-11(2)13(20)17-18-14(21)12-10-24-15(16-12)19-5-8-22-9-6-19/h10-11H,3-9H2,1-2H3,(H,17,20)(H,18,21). The van der Waals surface area contributed by atoms with Crippen LogP contribution in [0, 0.1) is 0 Å². The van der Waals surface area contributed by atoms with Crippen molar-refractivity contribution in [1.29, 1.82) is 0 Å². The van der Waals surface area contributed by atoms with E-state index in [1.165, 1.54) is 11.3 Å². The molecule has 1 aromatic heterocycles. The Balaban J connectivity index is 1.78. The molecule has 1 unspecified atom stereocenters. The maximum Gasteiger partial charge on any atom is 0.289 e. The number of anilines is 1. The van der Waals surface area contributed by atoms with E-state index in [0.29, 0.717) is 19.8 Å². The van der Waals surface area contributed by atoms with Gasteiger partial charge in [0.05, 0.1) is 13.2 Å². The van der Waals surface area contributed by atoms with Crippen LogP contribution in [0.1, 0.15) is 37.2 Å². The fourth-order valence-electron chi connectivity index (χ4n) is 2.03. The number of morpholine rings is 1. The minimum Gasteiger partial charge on any atom is -0.378 e. The van der Waals surface area contributed by atoms with Gasteiger partial charge >= 0.3 is 0 Å². The predicted molar refractivity (Wildman–Crippen MR) is 91.1 cm³/mol. The zero-order chi connectivity index (χ0) is 17.4. The zero-order valence-corrected chi connectivity index (χ0v) is 14.9. The number of nitrogens with zero attached hydrogens (tertiary/aromatic N) is 2. The highest BCUT2D eigenvalue weighted by Crippen LogP contribution is 2.21. The van der Waals surface area contributed by atoms with Gasteiger partial charge in [0, 0.05) is 25.1 Å². The van der Waals surface area contributed by atoms with Crippen molar-refractivity contribution in [3.05, 3.63) is 11.1 Å². The summed E-state index contributed by atoms with van der Waals surface area (Å²) in [4.78, 5) is 30.3. The lowest BCUT2D eigenvalue weighted by Gasteiger charge is -2.25. The van der Waals surface area contributed by atoms with Crippen molar-refractivity contribution in [2.45, 2.75) is 32.8 Å². The van der Waals surface area contributed by atoms with Gasteiger partial charge in [-0.15, -0.1) is 11.3 Å². The van der Waals surface area contributed by atoms with Gasteiger partial charge in [0.2, 0.25) is 0 Å². The molecule has 1 aliphatic heterocycles. The topological polar surface area (TPSA) is 92.8 Å². The number of nitrogens with one attached hydrogen (secondary N) is 2. The molecule has 8 nitrogen and oxygen atoms in total. The predicted octanol–water partition coefficient (Wildman–Crippen LogP) is 0.946. The first-order valence-electron chi connectivity index (χ1n) is 8.11. The molecule has 1 saturated heterocycles. The Bertz CT molecular complexity index is 545. The lowest BCUT2D eigenvalue weighted by atomic mass is 10.3. The molecule has 9 heteroatoms. The average molecular weight is 356 g/mol. The summed E-state index contributed by atoms with van der Waals surface area (Å²) in [5.74, 6) is -0.831. The van der Waals surface area contributed by atoms with Gasteiger partial charge in [-0.05, 0) is 13.3 Å². The Labute approximate surface area is 145 Å². The molecule has 0 aliphatic carbocycles. The van der Waals surface area contributed by atoms with E-state index < -0.39 is 12.0 Å². The van der Waals surface area contributed by atoms with Crippen molar-refractivity contribution in [3.8, 4) is 0 Å². The Hall–Kier alpha value is -1.71. The van der Waals surface area contributed by atoms with E-state index in [9.17, 15) is 9.59 Å². The monoisotopic (exact) mass is 356 g/mol. The molecule has 0 saturated carbocycles. The summed E-state index contributed by atoms with van der Waals surface area (Å²) >= 11 is 1.40. The molecule has 1 aliphatic rings. The number of aromatic nitrogens is 1. The minimum atomic E-state index is -0.615. The molecule has 1 fully saturated rings. The number of hydrogen-bond donors (Lipinski definition) is 2. The third-order valence-corrected chi connectivity index (χ3v) is 4.44. The van der Waals surface area contributed by atoms with E-state index in [4.69, 9.17) is 9.47 Å². The van der Waals surface area contributed by atoms with Crippen LogP contribution >= 0.6 is 11.3 Å². The molecule has 0 radical (unpaired) electrons. The average Bonchev–Trinajstić information content (AvgIpc) is 3.10. The number of rotatable bonds is 7. The summed E-state index contributed by atoms with van der Waals surface area (Å²) in [6.45, 7) is 7.06. The Morgan fingerprint density at radius 3 is 2.88 bits per heavy atom. The third kappa shape index (κ3) is 5.43. The molecule has 0 aromatic carbocycles. The molecule has 24 heavy (non-hydrogen) atoms. The van der Waals surface area contributed by atoms with Crippen LogP contribution < -0.4 is 15.8 Å². The van der Waals surface area contributed by atoms with Crippen LogP contribution in [0.3, 0.4) is 0 Å². The first-order valence-corrected chi connectivity index (χ1v) is 8.99. The molecular formula is C15H24N4O4S. The summed E-state index contributed by atoms with van der Waals surface area (Å²) in [5.41, 5.74) is 5.01. The molecule has 1 atom stereocenters. The van der Waals surface area contributed by atoms with Gasteiger partial charge in [-0.25, -0.2) is 4.98 Å². The highest BCUT2D eigenvalue weighted by Gasteiger charge is 2.19. The van der Waals surface area contributed by atoms with Crippen molar-refractivity contribution in [2.75, 3.05) is 37.8 Å². The summed E-state index contributed by atoms with van der Waals surface area (Å²) in [5, 5.41) is 2.46. The van der Waals surface area contributed by atoms with Gasteiger partial charge < -0.3 is 14.4 Å². The van der Waals surface area contributed by atoms with E-state index in [1.807, 2.05) is 6.92 Å². The molecule has 2 rings (SSSR count). The van der Waals surface area contributed by atoms with Crippen molar-refractivity contribution >= 4 is 28.3 Å². The summed E-state index contributed by atoms with van der Waals surface area (Å²) < 4.78 is 10.7. The number of carbonyl (C=O) groups is 2. The smallest absolute Gasteiger partial charge is 0.289 e. The first-order chi connectivity index (χ1) is 11.6. The number of hydrazine groups is 1. The molecular weight excluding hydrogens is 332 g/mol. The molecule has 134 valence electrons. The second kappa shape index (κ2) is 9.55. The largest absolute Gasteiger partial charge is 0.378 e. The number of hydrogen-bond acceptors (Lipinski definition) is 7. The molecule has 2 amide bonds. The number of thiazole rings is 1. The van der Waals surface area contributed by atoms with Crippen LogP contribution in [0.5, 0.6) is 0 Å². The number of carbonyl (C=O) groups excluding carboxylic acids is 2. The second-order valence-electron chi connectivity index (χ2n) is 5.42. The highest BCUT2D eigenvalue weighted by atomic mass is 32.1. The molecule has 0 spiro atoms. The fraction of sp³-hybridized carbons (Fsp3) is 0.667. The number of ether oxygens (including phenoxy) is 2. The van der Waals surface area contributed by atoms with Crippen molar-refractivity contribution < 1.29 is 19.1 Å². The van der Waals surface area contributed by atoms with E-state index in [1.54, 1.807) is 12.3 Å². The normalized spacial score (nSPS) is 15.8. The minimum absolute atomic E-state index is 0.279. The van der Waals surface area contributed by atoms with Crippen molar-refractivity contribution in [1.82, 2.24) is 15.8 Å². The Morgan fingerprint density at radius 2 is 2.17 bits per heavy atom. The zero-order valence-electron chi connectivity index (χ0n) is 14.0. The van der Waals surface area contributed by atoms with E-state index >= 15 is 0 Å². The Morgan fingerprint density at radius 1 is 1.42 bits per heavy atom. The summed E-state index contributed by atoms with van der Waals surface area (Å²) in [6.07, 6.45) is 1.28. The van der Waals surface area contributed by atoms with Gasteiger partial charge in [0.15, 0.2) is 5.13 Å². The van der Waals surface area contributed by atoms with Crippen LogP contribution in [0.4, 0.5) is 5.13 Å². The summed E-state index contributed by atoms with van der Waals surface area (Å²) in [7, 11) is 0. The van der Waals surface area contributed by atoms with Gasteiger partial charge in [-0.1, -0.05) is 13.3 Å². The van der Waals surface area contributed by atoms with E-state index in [-0.39, 0.29) is 11.6 Å². The van der Waals surface area contributed by atoms with Gasteiger partial charge in [0.1, 0.15) is 11.8 Å². The van der Waals surface area contributed by atoms with Crippen LogP contribution in [-0.2, 0) is 14.3 Å². The van der Waals surface area contributed by atoms with Crippen LogP contribution in [0.25, 0.3) is 0 Å². The van der Waals surface area contributed by atoms with Gasteiger partial charge in [-0.2, -0.15) is 0 Å². The van der Waals surface area contributed by atoms with Crippen molar-refractivity contribution in [2.24, 2.45) is 0 Å². The van der Waals surface area contributed by atoms with E-state index in [2.05, 4.69) is 20.7 Å². The van der Waals surface area contributed by atoms with Crippen LogP contribution in [-0.4, -0.2) is 55.8 Å². The second-order valence-corrected chi connectivity index (χ2v) is 6.26. The molecule has 2 heterocycles. The quantitative estimate of drug-likeness (QED) is 0.558. The lowest BCUT2D eigenvalue weighted by molar-refractivity contribution is -0.132. The third-order valence-electron chi connectivity index (χ3n) is 3.54. The Kier molecular flexibility index (Phi) is 7.41. The fourth-order valence-corrected chi connectivity index (χ4v) is 2.89. The van der Waals surface area contributed by atoms with Crippen LogP contribution in [0.15, 0.2) is 5.38 Å². The molecule has 2 N–H and O–H groups in total. The summed E-state index contributed by atoms with van der Waals surface area (Å²) in [6, 6.07) is 0. The van der Waals surface area contributed by atoms with E-state index in [0.717, 1.165) is 31.1 Å². The highest BCUT2D eigenvalue weighted by molar-refractivity contribution is 7.13. The van der Waals surface area contributed by atoms with Crippen LogP contribution in [0.2, 0.25) is 0 Å². The SMILES string of the molecule is CCCCOC(C)C(=O)NNC(=O)c1csc(N2CCOCC2)n1. The molecule has 0 bridgehead atoms.